The van der Waals surface area contributed by atoms with Gasteiger partial charge >= 0.3 is 0 Å². The lowest BCUT2D eigenvalue weighted by Gasteiger charge is -2.28. The van der Waals surface area contributed by atoms with Gasteiger partial charge in [0, 0.05) is 17.1 Å². The molecule has 6 heteroatoms. The molecule has 1 fully saturated rings. The van der Waals surface area contributed by atoms with E-state index in [0.29, 0.717) is 11.6 Å². The van der Waals surface area contributed by atoms with Crippen molar-refractivity contribution in [3.05, 3.63) is 29.3 Å². The number of nitrogens with two attached hydrogens (primary N) is 1. The Balaban J connectivity index is 2.24. The molecule has 1 aliphatic rings. The van der Waals surface area contributed by atoms with Crippen LogP contribution in [0.3, 0.4) is 0 Å². The number of hydrogen-bond donors (Lipinski definition) is 2. The van der Waals surface area contributed by atoms with Gasteiger partial charge in [-0.15, -0.1) is 0 Å². The van der Waals surface area contributed by atoms with Crippen molar-refractivity contribution in [2.24, 2.45) is 5.73 Å². The van der Waals surface area contributed by atoms with Crippen molar-refractivity contribution in [3.63, 3.8) is 0 Å². The maximum absolute atomic E-state index is 12.3. The van der Waals surface area contributed by atoms with Gasteiger partial charge in [-0.1, -0.05) is 24.4 Å². The molecule has 0 unspecified atom stereocenters. The Kier molecular flexibility index (Phi) is 3.96. The van der Waals surface area contributed by atoms with E-state index in [2.05, 4.69) is 4.72 Å². The fourth-order valence-electron chi connectivity index (χ4n) is 2.36. The van der Waals surface area contributed by atoms with Gasteiger partial charge in [-0.3, -0.25) is 0 Å². The topological polar surface area (TPSA) is 72.2 Å². The number of rotatable bonds is 4. The standard InChI is InChI=1S/C12H17ClN2O2S/c13-10-3-5-11(6-4-10)18(16,17)15-12(9-14)7-1-2-8-12/h3-6,15H,1-2,7-9,14H2. The van der Waals surface area contributed by atoms with Crippen molar-refractivity contribution in [3.8, 4) is 0 Å². The molecule has 0 aliphatic heterocycles. The van der Waals surface area contributed by atoms with Gasteiger partial charge in [-0.05, 0) is 37.1 Å². The Morgan fingerprint density at radius 2 is 1.78 bits per heavy atom. The summed E-state index contributed by atoms with van der Waals surface area (Å²) in [6, 6.07) is 6.15. The average molecular weight is 289 g/mol. The van der Waals surface area contributed by atoms with Crippen LogP contribution in [-0.4, -0.2) is 20.5 Å². The summed E-state index contributed by atoms with van der Waals surface area (Å²) in [5.41, 5.74) is 5.26. The van der Waals surface area contributed by atoms with Gasteiger partial charge < -0.3 is 5.73 Å². The Labute approximate surface area is 113 Å². The van der Waals surface area contributed by atoms with E-state index in [1.54, 1.807) is 12.1 Å². The summed E-state index contributed by atoms with van der Waals surface area (Å²) in [4.78, 5) is 0.228. The van der Waals surface area contributed by atoms with E-state index < -0.39 is 15.6 Å². The predicted molar refractivity (Wildman–Crippen MR) is 72.0 cm³/mol. The zero-order valence-electron chi connectivity index (χ0n) is 10.0. The van der Waals surface area contributed by atoms with Crippen molar-refractivity contribution in [2.75, 3.05) is 6.54 Å². The molecular weight excluding hydrogens is 272 g/mol. The number of halogens is 1. The lowest BCUT2D eigenvalue weighted by Crippen LogP contribution is -2.51. The van der Waals surface area contributed by atoms with E-state index in [4.69, 9.17) is 17.3 Å². The summed E-state index contributed by atoms with van der Waals surface area (Å²) in [5, 5.41) is 0.517. The highest BCUT2D eigenvalue weighted by Crippen LogP contribution is 2.30. The van der Waals surface area contributed by atoms with Gasteiger partial charge in [-0.2, -0.15) is 0 Å². The average Bonchev–Trinajstić information content (AvgIpc) is 2.78. The van der Waals surface area contributed by atoms with Crippen LogP contribution in [-0.2, 0) is 10.0 Å². The van der Waals surface area contributed by atoms with Gasteiger partial charge in [0.15, 0.2) is 0 Å². The largest absolute Gasteiger partial charge is 0.329 e. The molecule has 0 saturated heterocycles. The van der Waals surface area contributed by atoms with Crippen LogP contribution in [0.5, 0.6) is 0 Å². The molecule has 1 aromatic carbocycles. The Bertz CT molecular complexity index is 507. The number of nitrogens with one attached hydrogen (secondary N) is 1. The van der Waals surface area contributed by atoms with Crippen LogP contribution >= 0.6 is 11.6 Å². The second kappa shape index (κ2) is 5.17. The summed E-state index contributed by atoms with van der Waals surface area (Å²) in [5.74, 6) is 0. The molecule has 0 aromatic heterocycles. The first-order valence-corrected chi connectivity index (χ1v) is 7.83. The quantitative estimate of drug-likeness (QED) is 0.889. The summed E-state index contributed by atoms with van der Waals surface area (Å²) < 4.78 is 27.3. The maximum Gasteiger partial charge on any atom is 0.241 e. The van der Waals surface area contributed by atoms with Crippen LogP contribution in [0.4, 0.5) is 0 Å². The van der Waals surface area contributed by atoms with Crippen LogP contribution in [0.1, 0.15) is 25.7 Å². The lowest BCUT2D eigenvalue weighted by molar-refractivity contribution is 0.399. The zero-order chi connectivity index (χ0) is 13.2. The van der Waals surface area contributed by atoms with E-state index in [1.807, 2.05) is 0 Å². The smallest absolute Gasteiger partial charge is 0.241 e. The van der Waals surface area contributed by atoms with E-state index >= 15 is 0 Å². The second-order valence-electron chi connectivity index (χ2n) is 4.75. The molecule has 0 radical (unpaired) electrons. The molecular formula is C12H17ClN2O2S. The van der Waals surface area contributed by atoms with Crippen molar-refractivity contribution < 1.29 is 8.42 Å². The van der Waals surface area contributed by atoms with E-state index in [-0.39, 0.29) is 4.90 Å². The van der Waals surface area contributed by atoms with Crippen molar-refractivity contribution in [1.82, 2.24) is 4.72 Å². The van der Waals surface area contributed by atoms with Crippen LogP contribution in [0, 0.1) is 0 Å². The third kappa shape index (κ3) is 2.85. The number of sulfonamides is 1. The molecule has 1 aromatic rings. The molecule has 1 aliphatic carbocycles. The fraction of sp³-hybridized carbons (Fsp3) is 0.500. The van der Waals surface area contributed by atoms with Crippen LogP contribution in [0.25, 0.3) is 0 Å². The van der Waals surface area contributed by atoms with E-state index in [1.165, 1.54) is 12.1 Å². The third-order valence-electron chi connectivity index (χ3n) is 3.43. The molecule has 18 heavy (non-hydrogen) atoms. The minimum absolute atomic E-state index is 0.228. The highest BCUT2D eigenvalue weighted by Gasteiger charge is 2.36. The normalized spacial score (nSPS) is 19.0. The van der Waals surface area contributed by atoms with Crippen molar-refractivity contribution in [2.45, 2.75) is 36.1 Å². The summed E-state index contributed by atoms with van der Waals surface area (Å²) in [6.45, 7) is 0.333. The van der Waals surface area contributed by atoms with E-state index in [9.17, 15) is 8.42 Å². The molecule has 0 amide bonds. The summed E-state index contributed by atoms with van der Waals surface area (Å²) in [7, 11) is -3.52. The van der Waals surface area contributed by atoms with Crippen LogP contribution in [0.2, 0.25) is 5.02 Å². The van der Waals surface area contributed by atoms with E-state index in [0.717, 1.165) is 25.7 Å². The molecule has 2 rings (SSSR count). The Hall–Kier alpha value is -0.620. The first-order valence-electron chi connectivity index (χ1n) is 5.97. The number of hydrogen-bond acceptors (Lipinski definition) is 3. The molecule has 0 bridgehead atoms. The van der Waals surface area contributed by atoms with Crippen molar-refractivity contribution >= 4 is 21.6 Å². The summed E-state index contributed by atoms with van der Waals surface area (Å²) >= 11 is 5.75. The molecule has 0 atom stereocenters. The van der Waals surface area contributed by atoms with Gasteiger partial charge in [0.1, 0.15) is 0 Å². The van der Waals surface area contributed by atoms with Gasteiger partial charge in [0.05, 0.1) is 4.90 Å². The predicted octanol–water partition coefficient (Wildman–Crippen LogP) is 1.89. The van der Waals surface area contributed by atoms with Crippen molar-refractivity contribution in [1.29, 1.82) is 0 Å². The van der Waals surface area contributed by atoms with Crippen LogP contribution in [0.15, 0.2) is 29.2 Å². The molecule has 3 N–H and O–H groups in total. The van der Waals surface area contributed by atoms with Crippen LogP contribution < -0.4 is 10.5 Å². The Morgan fingerprint density at radius 1 is 1.22 bits per heavy atom. The fourth-order valence-corrected chi connectivity index (χ4v) is 3.95. The molecule has 0 heterocycles. The molecule has 1 saturated carbocycles. The monoisotopic (exact) mass is 288 g/mol. The zero-order valence-corrected chi connectivity index (χ0v) is 11.6. The minimum atomic E-state index is -3.52. The molecule has 4 nitrogen and oxygen atoms in total. The minimum Gasteiger partial charge on any atom is -0.329 e. The molecule has 0 spiro atoms. The number of benzene rings is 1. The lowest BCUT2D eigenvalue weighted by atomic mass is 10.0. The Morgan fingerprint density at radius 3 is 2.28 bits per heavy atom. The van der Waals surface area contributed by atoms with Gasteiger partial charge in [-0.25, -0.2) is 13.1 Å². The highest BCUT2D eigenvalue weighted by atomic mass is 35.5. The molecule has 100 valence electrons. The van der Waals surface area contributed by atoms with Gasteiger partial charge in [0.25, 0.3) is 0 Å². The SMILES string of the molecule is NCC1(NS(=O)(=O)c2ccc(Cl)cc2)CCCC1. The van der Waals surface area contributed by atoms with Gasteiger partial charge in [0.2, 0.25) is 10.0 Å². The second-order valence-corrected chi connectivity index (χ2v) is 6.87. The maximum atomic E-state index is 12.3. The highest BCUT2D eigenvalue weighted by molar-refractivity contribution is 7.89. The first-order chi connectivity index (χ1) is 8.47. The third-order valence-corrected chi connectivity index (χ3v) is 5.27. The summed E-state index contributed by atoms with van der Waals surface area (Å²) in [6.07, 6.45) is 3.63. The first kappa shape index (κ1) is 13.8.